The van der Waals surface area contributed by atoms with E-state index in [1.807, 2.05) is 26.1 Å². The molecule has 0 bridgehead atoms. The summed E-state index contributed by atoms with van der Waals surface area (Å²) in [5, 5.41) is 9.32. The number of aromatic nitrogens is 2. The van der Waals surface area contributed by atoms with Gasteiger partial charge >= 0.3 is 0 Å². The Bertz CT molecular complexity index is 666. The van der Waals surface area contributed by atoms with E-state index in [0.717, 1.165) is 11.1 Å². The number of benzene rings is 1. The zero-order chi connectivity index (χ0) is 14.6. The van der Waals surface area contributed by atoms with Gasteiger partial charge in [0.05, 0.1) is 16.8 Å². The average Bonchev–Trinajstić information content (AvgIpc) is 2.91. The molecule has 0 aliphatic heterocycles. The van der Waals surface area contributed by atoms with Crippen molar-refractivity contribution in [1.82, 2.24) is 15.5 Å². The molecule has 2 aromatic rings. The average molecular weight is 294 g/mol. The van der Waals surface area contributed by atoms with Crippen LogP contribution in [0, 0.1) is 0 Å². The van der Waals surface area contributed by atoms with E-state index in [1.165, 1.54) is 12.4 Å². The number of aromatic amines is 1. The highest BCUT2D eigenvalue weighted by Crippen LogP contribution is 2.21. The van der Waals surface area contributed by atoms with E-state index >= 15 is 0 Å². The maximum Gasteiger partial charge on any atom is 0.262 e. The number of hydrogen-bond acceptors (Lipinski definition) is 4. The summed E-state index contributed by atoms with van der Waals surface area (Å²) in [6.07, 6.45) is 3.59. The first-order valence-electron chi connectivity index (χ1n) is 6.35. The van der Waals surface area contributed by atoms with Crippen molar-refractivity contribution in [3.63, 3.8) is 0 Å². The highest BCUT2D eigenvalue weighted by Gasteiger charge is 2.19. The number of aryl methyl sites for hydroxylation is 1. The van der Waals surface area contributed by atoms with E-state index in [4.69, 9.17) is 0 Å². The molecule has 0 saturated heterocycles. The number of nitrogens with zero attached hydrogens (tertiary/aromatic N) is 1. The van der Waals surface area contributed by atoms with Gasteiger partial charge in [0.1, 0.15) is 0 Å². The van der Waals surface area contributed by atoms with Crippen LogP contribution >= 0.6 is 0 Å². The minimum atomic E-state index is -3.60. The fourth-order valence-electron chi connectivity index (χ4n) is 1.97. The van der Waals surface area contributed by atoms with Crippen LogP contribution in [0.25, 0.3) is 0 Å². The highest BCUT2D eigenvalue weighted by molar-refractivity contribution is 7.92. The molecule has 1 aromatic heterocycles. The molecular weight excluding hydrogens is 276 g/mol. The van der Waals surface area contributed by atoms with Crippen LogP contribution in [-0.2, 0) is 23.0 Å². The van der Waals surface area contributed by atoms with Gasteiger partial charge in [-0.2, -0.15) is 5.10 Å². The van der Waals surface area contributed by atoms with Crippen LogP contribution in [-0.4, -0.2) is 25.7 Å². The van der Waals surface area contributed by atoms with Crippen molar-refractivity contribution in [2.45, 2.75) is 24.8 Å². The fraction of sp³-hybridized carbons (Fsp3) is 0.308. The lowest BCUT2D eigenvalue weighted by molar-refractivity contribution is 0.600. The second kappa shape index (κ2) is 6.06. The third-order valence-corrected chi connectivity index (χ3v) is 4.40. The van der Waals surface area contributed by atoms with E-state index in [1.54, 1.807) is 6.07 Å². The number of nitrogens with one attached hydrogen (secondary N) is 3. The summed E-state index contributed by atoms with van der Waals surface area (Å²) < 4.78 is 27.4. The molecule has 0 fully saturated rings. The number of H-pyrrole nitrogens is 1. The quantitative estimate of drug-likeness (QED) is 0.753. The standard InChI is InChI=1S/C13H18N4O2S/c1-3-11-5-4-10(7-14-2)6-13(11)20(18,19)17-12-8-15-16-9-12/h4-6,8-9,14,17H,3,7H2,1-2H3,(H,15,16). The minimum Gasteiger partial charge on any atom is -0.316 e. The van der Waals surface area contributed by atoms with Gasteiger partial charge in [0.15, 0.2) is 0 Å². The van der Waals surface area contributed by atoms with Crippen molar-refractivity contribution in [1.29, 1.82) is 0 Å². The van der Waals surface area contributed by atoms with Crippen LogP contribution < -0.4 is 10.0 Å². The van der Waals surface area contributed by atoms with E-state index in [0.29, 0.717) is 23.5 Å². The maximum absolute atomic E-state index is 12.5. The van der Waals surface area contributed by atoms with Crippen LogP contribution in [0.3, 0.4) is 0 Å². The molecule has 7 heteroatoms. The summed E-state index contributed by atoms with van der Waals surface area (Å²) in [4.78, 5) is 0.314. The second-order valence-electron chi connectivity index (χ2n) is 4.42. The molecule has 1 aromatic carbocycles. The van der Waals surface area contributed by atoms with E-state index in [9.17, 15) is 8.42 Å². The van der Waals surface area contributed by atoms with Crippen molar-refractivity contribution in [2.24, 2.45) is 0 Å². The molecule has 0 saturated carbocycles. The molecule has 0 aliphatic carbocycles. The molecule has 0 amide bonds. The predicted molar refractivity (Wildman–Crippen MR) is 78.0 cm³/mol. The summed E-state index contributed by atoms with van der Waals surface area (Å²) in [5.74, 6) is 0. The van der Waals surface area contributed by atoms with Crippen LogP contribution in [0.2, 0.25) is 0 Å². The molecule has 0 unspecified atom stereocenters. The van der Waals surface area contributed by atoms with E-state index in [-0.39, 0.29) is 0 Å². The molecular formula is C13H18N4O2S. The first-order valence-corrected chi connectivity index (χ1v) is 7.83. The van der Waals surface area contributed by atoms with Crippen molar-refractivity contribution >= 4 is 15.7 Å². The lowest BCUT2D eigenvalue weighted by Gasteiger charge is -2.12. The van der Waals surface area contributed by atoms with Crippen LogP contribution in [0.5, 0.6) is 0 Å². The molecule has 0 atom stereocenters. The zero-order valence-corrected chi connectivity index (χ0v) is 12.3. The molecule has 0 spiro atoms. The molecule has 0 radical (unpaired) electrons. The molecule has 20 heavy (non-hydrogen) atoms. The lowest BCUT2D eigenvalue weighted by atomic mass is 10.1. The third-order valence-electron chi connectivity index (χ3n) is 2.93. The lowest BCUT2D eigenvalue weighted by Crippen LogP contribution is -2.16. The number of sulfonamides is 1. The van der Waals surface area contributed by atoms with Gasteiger partial charge in [-0.05, 0) is 30.7 Å². The van der Waals surface area contributed by atoms with Crippen molar-refractivity contribution < 1.29 is 8.42 Å². The van der Waals surface area contributed by atoms with Gasteiger partial charge in [-0.25, -0.2) is 8.42 Å². The molecule has 6 nitrogen and oxygen atoms in total. The van der Waals surface area contributed by atoms with Gasteiger partial charge in [-0.1, -0.05) is 19.1 Å². The largest absolute Gasteiger partial charge is 0.316 e. The van der Waals surface area contributed by atoms with E-state index < -0.39 is 10.0 Å². The molecule has 2 rings (SSSR count). The summed E-state index contributed by atoms with van der Waals surface area (Å²) in [7, 11) is -1.78. The fourth-order valence-corrected chi connectivity index (χ4v) is 3.37. The molecule has 0 aliphatic rings. The topological polar surface area (TPSA) is 86.9 Å². The van der Waals surface area contributed by atoms with Crippen LogP contribution in [0.15, 0.2) is 35.5 Å². The summed E-state index contributed by atoms with van der Waals surface area (Å²) in [6, 6.07) is 5.50. The summed E-state index contributed by atoms with van der Waals surface area (Å²) in [5.41, 5.74) is 2.14. The van der Waals surface area contributed by atoms with Gasteiger partial charge in [-0.3, -0.25) is 9.82 Å². The Morgan fingerprint density at radius 1 is 1.35 bits per heavy atom. The molecule has 3 N–H and O–H groups in total. The minimum absolute atomic E-state index is 0.314. The van der Waals surface area contributed by atoms with Gasteiger partial charge in [0, 0.05) is 12.7 Å². The smallest absolute Gasteiger partial charge is 0.262 e. The van der Waals surface area contributed by atoms with Gasteiger partial charge in [-0.15, -0.1) is 0 Å². The maximum atomic E-state index is 12.5. The Morgan fingerprint density at radius 3 is 2.75 bits per heavy atom. The van der Waals surface area contributed by atoms with Crippen molar-refractivity contribution in [3.05, 3.63) is 41.7 Å². The van der Waals surface area contributed by atoms with Crippen LogP contribution in [0.4, 0.5) is 5.69 Å². The number of anilines is 1. The first kappa shape index (κ1) is 14.5. The normalized spacial score (nSPS) is 11.5. The van der Waals surface area contributed by atoms with Crippen LogP contribution in [0.1, 0.15) is 18.1 Å². The zero-order valence-electron chi connectivity index (χ0n) is 11.5. The Balaban J connectivity index is 2.40. The van der Waals surface area contributed by atoms with Gasteiger partial charge in [0.25, 0.3) is 10.0 Å². The predicted octanol–water partition coefficient (Wildman–Crippen LogP) is 1.49. The Morgan fingerprint density at radius 2 is 2.15 bits per heavy atom. The highest BCUT2D eigenvalue weighted by atomic mass is 32.2. The van der Waals surface area contributed by atoms with Gasteiger partial charge in [0.2, 0.25) is 0 Å². The molecule has 108 valence electrons. The monoisotopic (exact) mass is 294 g/mol. The Labute approximate surface area is 118 Å². The van der Waals surface area contributed by atoms with E-state index in [2.05, 4.69) is 20.2 Å². The third kappa shape index (κ3) is 3.17. The number of rotatable bonds is 6. The van der Waals surface area contributed by atoms with Gasteiger partial charge < -0.3 is 5.32 Å². The summed E-state index contributed by atoms with van der Waals surface area (Å²) >= 11 is 0. The van der Waals surface area contributed by atoms with Crippen molar-refractivity contribution in [2.75, 3.05) is 11.8 Å². The molecule has 1 heterocycles. The van der Waals surface area contributed by atoms with Crippen molar-refractivity contribution in [3.8, 4) is 0 Å². The number of hydrogen-bond donors (Lipinski definition) is 3. The Kier molecular flexibility index (Phi) is 4.41. The second-order valence-corrected chi connectivity index (χ2v) is 6.07. The SMILES string of the molecule is CCc1ccc(CNC)cc1S(=O)(=O)Nc1cn[nH]c1. The first-order chi connectivity index (χ1) is 9.56. The Hall–Kier alpha value is -1.86. The summed E-state index contributed by atoms with van der Waals surface area (Å²) in [6.45, 7) is 2.56.